The topological polar surface area (TPSA) is 65.5 Å². The number of hydrogen-bond donors (Lipinski definition) is 3. The Morgan fingerprint density at radius 1 is 1.05 bits per heavy atom. The van der Waals surface area contributed by atoms with Gasteiger partial charge in [-0.1, -0.05) is 24.3 Å². The van der Waals surface area contributed by atoms with E-state index in [1.54, 1.807) is 6.07 Å². The molecule has 0 aromatic heterocycles. The van der Waals surface area contributed by atoms with Gasteiger partial charge in [0.15, 0.2) is 5.96 Å². The van der Waals surface area contributed by atoms with Crippen LogP contribution in [0.25, 0.3) is 0 Å². The van der Waals surface area contributed by atoms with Gasteiger partial charge in [0.05, 0.1) is 0 Å². The molecule has 2 aromatic carbocycles. The van der Waals surface area contributed by atoms with E-state index in [0.29, 0.717) is 5.56 Å². The van der Waals surface area contributed by atoms with E-state index >= 15 is 0 Å². The van der Waals surface area contributed by atoms with Crippen molar-refractivity contribution in [3.8, 4) is 0 Å². The average molecular weight is 294 g/mol. The van der Waals surface area contributed by atoms with E-state index in [1.807, 2.05) is 48.5 Å². The van der Waals surface area contributed by atoms with Crippen LogP contribution >= 0.6 is 0 Å². The fourth-order valence-corrected chi connectivity index (χ4v) is 2.22. The van der Waals surface area contributed by atoms with Crippen molar-refractivity contribution < 1.29 is 4.79 Å². The summed E-state index contributed by atoms with van der Waals surface area (Å²) in [6.45, 7) is 1.74. The molecule has 3 rings (SSSR count). The quantitative estimate of drug-likeness (QED) is 0.815. The Hall–Kier alpha value is -2.82. The molecule has 5 heteroatoms. The van der Waals surface area contributed by atoms with Crippen LogP contribution in [-0.2, 0) is 0 Å². The third kappa shape index (κ3) is 3.63. The molecule has 0 spiro atoms. The molecule has 1 aliphatic rings. The van der Waals surface area contributed by atoms with Gasteiger partial charge in [0, 0.05) is 30.0 Å². The molecule has 0 fully saturated rings. The standard InChI is InChI=1S/C17H18N4O/c22-16(20-14-7-2-1-3-8-14)13-6-4-9-15(12-13)21-17-18-10-5-11-19-17/h1-4,6-9,12H,5,10-11H2,(H,20,22)(H2,18,19,21). The number of guanidine groups is 1. The summed E-state index contributed by atoms with van der Waals surface area (Å²) in [5.74, 6) is 0.625. The lowest BCUT2D eigenvalue weighted by molar-refractivity contribution is 0.102. The maximum absolute atomic E-state index is 12.3. The number of carbonyl (C=O) groups excluding carboxylic acids is 1. The van der Waals surface area contributed by atoms with Crippen LogP contribution < -0.4 is 16.0 Å². The molecule has 0 saturated carbocycles. The maximum atomic E-state index is 12.3. The van der Waals surface area contributed by atoms with E-state index in [9.17, 15) is 4.79 Å². The lowest BCUT2D eigenvalue weighted by Gasteiger charge is -2.16. The number of carbonyl (C=O) groups is 1. The molecule has 1 aliphatic heterocycles. The zero-order chi connectivity index (χ0) is 15.2. The van der Waals surface area contributed by atoms with Gasteiger partial charge in [0.1, 0.15) is 0 Å². The number of hydrogen-bond acceptors (Lipinski definition) is 4. The summed E-state index contributed by atoms with van der Waals surface area (Å²) < 4.78 is 0. The van der Waals surface area contributed by atoms with Gasteiger partial charge in [0.25, 0.3) is 5.91 Å². The minimum atomic E-state index is -0.131. The number of nitrogens with one attached hydrogen (secondary N) is 3. The minimum Gasteiger partial charge on any atom is -0.356 e. The van der Waals surface area contributed by atoms with Gasteiger partial charge in [-0.05, 0) is 36.8 Å². The van der Waals surface area contributed by atoms with Crippen molar-refractivity contribution in [2.45, 2.75) is 6.42 Å². The Bertz CT molecular complexity index is 682. The molecule has 5 nitrogen and oxygen atoms in total. The summed E-state index contributed by atoms with van der Waals surface area (Å²) in [7, 11) is 0. The summed E-state index contributed by atoms with van der Waals surface area (Å²) >= 11 is 0. The van der Waals surface area contributed by atoms with Crippen LogP contribution in [-0.4, -0.2) is 25.0 Å². The van der Waals surface area contributed by atoms with Crippen LogP contribution in [0.1, 0.15) is 16.8 Å². The van der Waals surface area contributed by atoms with Crippen LogP contribution in [0.2, 0.25) is 0 Å². The van der Waals surface area contributed by atoms with E-state index in [4.69, 9.17) is 0 Å². The van der Waals surface area contributed by atoms with Crippen molar-refractivity contribution in [1.82, 2.24) is 5.32 Å². The first-order valence-corrected chi connectivity index (χ1v) is 7.33. The van der Waals surface area contributed by atoms with Crippen molar-refractivity contribution in [1.29, 1.82) is 0 Å². The second-order valence-electron chi connectivity index (χ2n) is 5.04. The van der Waals surface area contributed by atoms with Crippen LogP contribution in [0.5, 0.6) is 0 Å². The van der Waals surface area contributed by atoms with Gasteiger partial charge in [-0.25, -0.2) is 0 Å². The van der Waals surface area contributed by atoms with Gasteiger partial charge in [0.2, 0.25) is 0 Å². The van der Waals surface area contributed by atoms with Crippen molar-refractivity contribution in [2.24, 2.45) is 4.99 Å². The van der Waals surface area contributed by atoms with Crippen molar-refractivity contribution in [3.63, 3.8) is 0 Å². The Kier molecular flexibility index (Phi) is 4.34. The number of para-hydroxylation sites is 1. The number of amides is 1. The van der Waals surface area contributed by atoms with E-state index in [2.05, 4.69) is 20.9 Å². The fraction of sp³-hybridized carbons (Fsp3) is 0.176. The minimum absolute atomic E-state index is 0.131. The summed E-state index contributed by atoms with van der Waals surface area (Å²) in [5.41, 5.74) is 2.23. The number of aliphatic imine (C=N–C) groups is 1. The highest BCUT2D eigenvalue weighted by molar-refractivity contribution is 6.05. The van der Waals surface area contributed by atoms with Crippen LogP contribution in [0.4, 0.5) is 11.4 Å². The summed E-state index contributed by atoms with van der Waals surface area (Å²) in [6, 6.07) is 16.8. The van der Waals surface area contributed by atoms with Crippen molar-refractivity contribution in [2.75, 3.05) is 23.7 Å². The molecule has 3 N–H and O–H groups in total. The zero-order valence-corrected chi connectivity index (χ0v) is 12.2. The Morgan fingerprint density at radius 3 is 2.64 bits per heavy atom. The molecule has 0 saturated heterocycles. The summed E-state index contributed by atoms with van der Waals surface area (Å²) in [5, 5.41) is 9.27. The van der Waals surface area contributed by atoms with Crippen molar-refractivity contribution in [3.05, 3.63) is 60.2 Å². The molecule has 0 atom stereocenters. The van der Waals surface area contributed by atoms with Crippen LogP contribution in [0, 0.1) is 0 Å². The van der Waals surface area contributed by atoms with Gasteiger partial charge in [-0.15, -0.1) is 0 Å². The Balaban J connectivity index is 1.70. The number of benzene rings is 2. The largest absolute Gasteiger partial charge is 0.356 e. The molecule has 0 aliphatic carbocycles. The van der Waals surface area contributed by atoms with Gasteiger partial charge in [-0.3, -0.25) is 9.79 Å². The highest BCUT2D eigenvalue weighted by atomic mass is 16.1. The highest BCUT2D eigenvalue weighted by Gasteiger charge is 2.08. The lowest BCUT2D eigenvalue weighted by atomic mass is 10.2. The summed E-state index contributed by atoms with van der Waals surface area (Å²) in [4.78, 5) is 16.6. The third-order valence-electron chi connectivity index (χ3n) is 3.32. The molecule has 0 radical (unpaired) electrons. The molecule has 2 aromatic rings. The van der Waals surface area contributed by atoms with Gasteiger partial charge in [-0.2, -0.15) is 0 Å². The molecule has 1 amide bonds. The van der Waals surface area contributed by atoms with E-state index in [0.717, 1.165) is 36.8 Å². The first kappa shape index (κ1) is 14.1. The van der Waals surface area contributed by atoms with Crippen LogP contribution in [0.15, 0.2) is 59.6 Å². The number of rotatable bonds is 3. The summed E-state index contributed by atoms with van der Waals surface area (Å²) in [6.07, 6.45) is 1.05. The predicted molar refractivity (Wildman–Crippen MR) is 89.4 cm³/mol. The van der Waals surface area contributed by atoms with Gasteiger partial charge >= 0.3 is 0 Å². The Labute approximate surface area is 129 Å². The normalized spacial score (nSPS) is 13.7. The van der Waals surface area contributed by atoms with Crippen LogP contribution in [0.3, 0.4) is 0 Å². The lowest BCUT2D eigenvalue weighted by Crippen LogP contribution is -2.35. The van der Waals surface area contributed by atoms with E-state index in [-0.39, 0.29) is 5.91 Å². The third-order valence-corrected chi connectivity index (χ3v) is 3.32. The van der Waals surface area contributed by atoms with E-state index in [1.165, 1.54) is 0 Å². The molecule has 1 heterocycles. The van der Waals surface area contributed by atoms with Crippen molar-refractivity contribution >= 4 is 23.2 Å². The second-order valence-corrected chi connectivity index (χ2v) is 5.04. The zero-order valence-electron chi connectivity index (χ0n) is 12.2. The second kappa shape index (κ2) is 6.76. The molecular weight excluding hydrogens is 276 g/mol. The SMILES string of the molecule is O=C(Nc1ccccc1)c1cccc(NC2=NCCCN2)c1. The average Bonchev–Trinajstić information content (AvgIpc) is 2.57. The molecule has 0 bridgehead atoms. The molecule has 112 valence electrons. The molecule has 0 unspecified atom stereocenters. The number of nitrogens with zero attached hydrogens (tertiary/aromatic N) is 1. The highest BCUT2D eigenvalue weighted by Crippen LogP contribution is 2.13. The Morgan fingerprint density at radius 2 is 1.86 bits per heavy atom. The number of anilines is 2. The predicted octanol–water partition coefficient (Wildman–Crippen LogP) is 2.70. The van der Waals surface area contributed by atoms with E-state index < -0.39 is 0 Å². The smallest absolute Gasteiger partial charge is 0.255 e. The molecular formula is C17H18N4O. The first-order chi connectivity index (χ1) is 10.8. The monoisotopic (exact) mass is 294 g/mol. The fourth-order valence-electron chi connectivity index (χ4n) is 2.22. The maximum Gasteiger partial charge on any atom is 0.255 e. The molecule has 22 heavy (non-hydrogen) atoms. The first-order valence-electron chi connectivity index (χ1n) is 7.33. The van der Waals surface area contributed by atoms with Gasteiger partial charge < -0.3 is 16.0 Å².